The third-order valence-electron chi connectivity index (χ3n) is 4.06. The molecule has 1 aromatic rings. The van der Waals surface area contributed by atoms with Gasteiger partial charge in [0.2, 0.25) is 5.91 Å². The van der Waals surface area contributed by atoms with Gasteiger partial charge in [-0.15, -0.1) is 0 Å². The molecule has 1 aliphatic rings. The molecule has 0 aromatic carbocycles. The van der Waals surface area contributed by atoms with Gasteiger partial charge in [0.1, 0.15) is 11.9 Å². The minimum Gasteiger partial charge on any atom is -0.368 e. The number of anilines is 1. The molecule has 23 heavy (non-hydrogen) atoms. The standard InChI is InChI=1S/C17H25N5O/c1-13-6-7-15(19-10-13)20-12-17(2,3)21-11-16(23)22-8-4-5-14(22)9-18/h6-7,10,14,21H,4-5,8,11-12H2,1-3H3,(H,19,20)/t14-/m0/s1. The molecule has 124 valence electrons. The van der Waals surface area contributed by atoms with E-state index in [4.69, 9.17) is 5.26 Å². The summed E-state index contributed by atoms with van der Waals surface area (Å²) in [5.74, 6) is 0.816. The second-order valence-corrected chi connectivity index (χ2v) is 6.69. The van der Waals surface area contributed by atoms with E-state index >= 15 is 0 Å². The lowest BCUT2D eigenvalue weighted by molar-refractivity contribution is -0.130. The predicted molar refractivity (Wildman–Crippen MR) is 89.9 cm³/mol. The molecule has 1 fully saturated rings. The number of hydrogen-bond acceptors (Lipinski definition) is 5. The van der Waals surface area contributed by atoms with Gasteiger partial charge in [0.25, 0.3) is 0 Å². The van der Waals surface area contributed by atoms with Gasteiger partial charge in [0, 0.05) is 24.8 Å². The molecule has 0 aliphatic carbocycles. The Balaban J connectivity index is 1.80. The number of aryl methyl sites for hydroxylation is 1. The Hall–Kier alpha value is -2.13. The average molecular weight is 315 g/mol. The van der Waals surface area contributed by atoms with Crippen molar-refractivity contribution in [1.82, 2.24) is 15.2 Å². The molecule has 6 nitrogen and oxygen atoms in total. The first-order valence-corrected chi connectivity index (χ1v) is 8.02. The molecule has 2 N–H and O–H groups in total. The predicted octanol–water partition coefficient (Wildman–Crippen LogP) is 1.68. The van der Waals surface area contributed by atoms with Gasteiger partial charge >= 0.3 is 0 Å². The van der Waals surface area contributed by atoms with Crippen molar-refractivity contribution < 1.29 is 4.79 Å². The Kier molecular flexibility index (Phi) is 5.56. The Morgan fingerprint density at radius 3 is 2.96 bits per heavy atom. The minimum absolute atomic E-state index is 0.00409. The number of carbonyl (C=O) groups excluding carboxylic acids is 1. The Bertz CT molecular complexity index is 576. The van der Waals surface area contributed by atoms with Crippen molar-refractivity contribution in [1.29, 1.82) is 5.26 Å². The maximum atomic E-state index is 12.3. The highest BCUT2D eigenvalue weighted by atomic mass is 16.2. The number of likely N-dealkylation sites (tertiary alicyclic amines) is 1. The number of rotatable bonds is 6. The van der Waals surface area contributed by atoms with Crippen LogP contribution in [0.2, 0.25) is 0 Å². The number of nitriles is 1. The first-order valence-electron chi connectivity index (χ1n) is 8.02. The van der Waals surface area contributed by atoms with Crippen molar-refractivity contribution in [2.24, 2.45) is 0 Å². The lowest BCUT2D eigenvalue weighted by Crippen LogP contribution is -2.50. The highest BCUT2D eigenvalue weighted by Crippen LogP contribution is 2.16. The van der Waals surface area contributed by atoms with Crippen LogP contribution in [0.3, 0.4) is 0 Å². The molecule has 1 saturated heterocycles. The van der Waals surface area contributed by atoms with Crippen molar-refractivity contribution in [3.05, 3.63) is 23.9 Å². The van der Waals surface area contributed by atoms with Crippen LogP contribution in [0.1, 0.15) is 32.3 Å². The van der Waals surface area contributed by atoms with Crippen LogP contribution < -0.4 is 10.6 Å². The van der Waals surface area contributed by atoms with Gasteiger partial charge in [-0.3, -0.25) is 4.79 Å². The number of hydrogen-bond donors (Lipinski definition) is 2. The Morgan fingerprint density at radius 1 is 1.52 bits per heavy atom. The quantitative estimate of drug-likeness (QED) is 0.835. The lowest BCUT2D eigenvalue weighted by atomic mass is 10.1. The number of amides is 1. The van der Waals surface area contributed by atoms with Gasteiger partial charge in [0.15, 0.2) is 0 Å². The SMILES string of the molecule is Cc1ccc(NCC(C)(C)NCC(=O)N2CCC[C@H]2C#N)nc1. The highest BCUT2D eigenvalue weighted by molar-refractivity contribution is 5.79. The zero-order valence-corrected chi connectivity index (χ0v) is 14.1. The second-order valence-electron chi connectivity index (χ2n) is 6.69. The van der Waals surface area contributed by atoms with Crippen molar-refractivity contribution in [3.8, 4) is 6.07 Å². The van der Waals surface area contributed by atoms with Crippen LogP contribution in [0, 0.1) is 18.3 Å². The monoisotopic (exact) mass is 315 g/mol. The van der Waals surface area contributed by atoms with E-state index in [9.17, 15) is 4.79 Å². The van der Waals surface area contributed by atoms with E-state index in [0.29, 0.717) is 13.1 Å². The average Bonchev–Trinajstić information content (AvgIpc) is 3.01. The normalized spacial score (nSPS) is 17.8. The summed E-state index contributed by atoms with van der Waals surface area (Å²) in [6, 6.07) is 5.89. The largest absolute Gasteiger partial charge is 0.368 e. The van der Waals surface area contributed by atoms with Gasteiger partial charge in [0.05, 0.1) is 12.6 Å². The van der Waals surface area contributed by atoms with Gasteiger partial charge in [-0.05, 0) is 45.2 Å². The van der Waals surface area contributed by atoms with Crippen LogP contribution in [0.5, 0.6) is 0 Å². The summed E-state index contributed by atoms with van der Waals surface area (Å²) in [5, 5.41) is 15.6. The van der Waals surface area contributed by atoms with Crippen LogP contribution in [0.4, 0.5) is 5.82 Å². The molecule has 1 aromatic heterocycles. The minimum atomic E-state index is -0.262. The summed E-state index contributed by atoms with van der Waals surface area (Å²) in [6.45, 7) is 7.65. The summed E-state index contributed by atoms with van der Waals surface area (Å²) in [4.78, 5) is 18.2. The lowest BCUT2D eigenvalue weighted by Gasteiger charge is -2.28. The summed E-state index contributed by atoms with van der Waals surface area (Å²) in [7, 11) is 0. The molecule has 0 saturated carbocycles. The van der Waals surface area contributed by atoms with Crippen LogP contribution in [0.15, 0.2) is 18.3 Å². The summed E-state index contributed by atoms with van der Waals surface area (Å²) < 4.78 is 0. The van der Waals surface area contributed by atoms with E-state index in [1.165, 1.54) is 0 Å². The van der Waals surface area contributed by atoms with E-state index in [1.807, 2.05) is 39.1 Å². The topological polar surface area (TPSA) is 81.0 Å². The van der Waals surface area contributed by atoms with E-state index in [1.54, 1.807) is 4.90 Å². The molecule has 6 heteroatoms. The van der Waals surface area contributed by atoms with E-state index in [-0.39, 0.29) is 24.0 Å². The van der Waals surface area contributed by atoms with E-state index < -0.39 is 0 Å². The fraction of sp³-hybridized carbons (Fsp3) is 0.588. The zero-order valence-electron chi connectivity index (χ0n) is 14.1. The van der Waals surface area contributed by atoms with Crippen molar-refractivity contribution >= 4 is 11.7 Å². The van der Waals surface area contributed by atoms with Crippen LogP contribution in [-0.2, 0) is 4.79 Å². The number of nitrogens with zero attached hydrogens (tertiary/aromatic N) is 3. The first-order chi connectivity index (χ1) is 10.9. The summed E-state index contributed by atoms with van der Waals surface area (Å²) in [6.07, 6.45) is 3.52. The molecule has 2 heterocycles. The molecule has 1 atom stereocenters. The summed E-state index contributed by atoms with van der Waals surface area (Å²) >= 11 is 0. The van der Waals surface area contributed by atoms with Gasteiger partial charge in [-0.1, -0.05) is 6.07 Å². The molecule has 0 unspecified atom stereocenters. The van der Waals surface area contributed by atoms with Gasteiger partial charge in [-0.25, -0.2) is 4.98 Å². The number of nitrogens with one attached hydrogen (secondary N) is 2. The third kappa shape index (κ3) is 4.93. The molecule has 0 radical (unpaired) electrons. The van der Waals surface area contributed by atoms with E-state index in [2.05, 4.69) is 21.7 Å². The third-order valence-corrected chi connectivity index (χ3v) is 4.06. The first kappa shape index (κ1) is 17.2. The molecule has 0 spiro atoms. The number of carbonyl (C=O) groups is 1. The molecular weight excluding hydrogens is 290 g/mol. The van der Waals surface area contributed by atoms with Crippen LogP contribution in [0.25, 0.3) is 0 Å². The maximum Gasteiger partial charge on any atom is 0.237 e. The smallest absolute Gasteiger partial charge is 0.237 e. The molecule has 0 bridgehead atoms. The molecular formula is C17H25N5O. The Labute approximate surface area is 137 Å². The van der Waals surface area contributed by atoms with Crippen LogP contribution >= 0.6 is 0 Å². The van der Waals surface area contributed by atoms with Gasteiger partial charge in [-0.2, -0.15) is 5.26 Å². The molecule has 2 rings (SSSR count). The fourth-order valence-corrected chi connectivity index (χ4v) is 2.56. The highest BCUT2D eigenvalue weighted by Gasteiger charge is 2.29. The van der Waals surface area contributed by atoms with Gasteiger partial charge < -0.3 is 15.5 Å². The second kappa shape index (κ2) is 7.42. The van der Waals surface area contributed by atoms with Crippen LogP contribution in [-0.4, -0.2) is 47.0 Å². The number of pyridine rings is 1. The Morgan fingerprint density at radius 2 is 2.30 bits per heavy atom. The maximum absolute atomic E-state index is 12.3. The summed E-state index contributed by atoms with van der Waals surface area (Å²) in [5.41, 5.74) is 0.862. The van der Waals surface area contributed by atoms with Crippen molar-refractivity contribution in [3.63, 3.8) is 0 Å². The number of aromatic nitrogens is 1. The molecule has 1 aliphatic heterocycles. The van der Waals surface area contributed by atoms with E-state index in [0.717, 1.165) is 24.2 Å². The zero-order chi connectivity index (χ0) is 16.9. The fourth-order valence-electron chi connectivity index (χ4n) is 2.56. The van der Waals surface area contributed by atoms with Crippen molar-refractivity contribution in [2.75, 3.05) is 25.0 Å². The molecule has 1 amide bonds. The van der Waals surface area contributed by atoms with Crippen molar-refractivity contribution in [2.45, 2.75) is 45.2 Å².